The van der Waals surface area contributed by atoms with Crippen molar-refractivity contribution < 1.29 is 27.5 Å². The molecule has 2 aromatic rings. The molecule has 2 rings (SSSR count). The van der Waals surface area contributed by atoms with E-state index in [1.54, 1.807) is 0 Å². The summed E-state index contributed by atoms with van der Waals surface area (Å²) in [6.45, 7) is 5.28. The number of nitrogens with two attached hydrogens (primary N) is 1. The predicted octanol–water partition coefficient (Wildman–Crippen LogP) is 1.55. The van der Waals surface area contributed by atoms with Crippen LogP contribution in [0.2, 0.25) is 0 Å². The zero-order valence-corrected chi connectivity index (χ0v) is 17.5. The number of benzene rings is 1. The van der Waals surface area contributed by atoms with Crippen molar-refractivity contribution in [3.05, 3.63) is 41.7 Å². The molecular formula is C18H29N5O5S. The fourth-order valence-electron chi connectivity index (χ4n) is 2.78. The number of hydrogen-bond donors (Lipinski definition) is 2. The van der Waals surface area contributed by atoms with Gasteiger partial charge in [0.25, 0.3) is 5.82 Å². The molecule has 1 heterocycles. The Labute approximate surface area is 171 Å². The van der Waals surface area contributed by atoms with Gasteiger partial charge in [-0.25, -0.2) is 4.28 Å². The van der Waals surface area contributed by atoms with Crippen LogP contribution in [-0.4, -0.2) is 35.0 Å². The quantitative estimate of drug-likeness (QED) is 0.309. The van der Waals surface area contributed by atoms with Crippen LogP contribution in [0.4, 0.5) is 11.9 Å². The molecule has 1 aromatic heterocycles. The van der Waals surface area contributed by atoms with E-state index in [9.17, 15) is 8.42 Å². The normalized spacial score (nSPS) is 11.0. The topological polar surface area (TPSA) is 153 Å². The Morgan fingerprint density at radius 2 is 1.83 bits per heavy atom. The maximum atomic E-state index is 11.2. The summed E-state index contributed by atoms with van der Waals surface area (Å²) in [5, 5.41) is 0. The van der Waals surface area contributed by atoms with Crippen molar-refractivity contribution in [2.24, 2.45) is 0 Å². The number of anilines is 2. The molecule has 0 spiro atoms. The smallest absolute Gasteiger partial charge is 0.474 e. The van der Waals surface area contributed by atoms with Crippen molar-refractivity contribution in [2.45, 2.75) is 52.5 Å². The standard InChI is InChI=1S/C18H27N5O4S.H2O/c1-3-5-6-10-13-16-20-18(21-17(19)23(16)27-28(24,25)26)22(4-2)14-15-11-8-7-9-12-15;/h7-9,11-12,19H,3-6,10,13-14H2,1-2H3,(H,24,25,26);1H2. The van der Waals surface area contributed by atoms with E-state index < -0.39 is 10.4 Å². The Hall–Kier alpha value is -2.50. The first-order valence-electron chi connectivity index (χ1n) is 9.38. The minimum absolute atomic E-state index is 0. The number of unbranched alkanes of at least 4 members (excludes halogenated alkanes) is 3. The lowest BCUT2D eigenvalue weighted by Gasteiger charge is -2.18. The van der Waals surface area contributed by atoms with Crippen LogP contribution >= 0.6 is 0 Å². The van der Waals surface area contributed by atoms with Gasteiger partial charge >= 0.3 is 22.3 Å². The fourth-order valence-corrected chi connectivity index (χ4v) is 3.13. The number of aryl methyl sites for hydroxylation is 1. The highest BCUT2D eigenvalue weighted by atomic mass is 32.3. The van der Waals surface area contributed by atoms with Crippen LogP contribution in [0, 0.1) is 0 Å². The lowest BCUT2D eigenvalue weighted by molar-refractivity contribution is -0.854. The van der Waals surface area contributed by atoms with Gasteiger partial charge in [0.05, 0.1) is 0 Å². The highest BCUT2D eigenvalue weighted by Crippen LogP contribution is 2.14. The monoisotopic (exact) mass is 427 g/mol. The first-order chi connectivity index (χ1) is 13.3. The van der Waals surface area contributed by atoms with Gasteiger partial charge in [-0.2, -0.15) is 8.42 Å². The molecule has 29 heavy (non-hydrogen) atoms. The molecule has 0 aliphatic carbocycles. The largest absolute Gasteiger partial charge is 0.870 e. The number of rotatable bonds is 11. The highest BCUT2D eigenvalue weighted by Gasteiger charge is 2.26. The van der Waals surface area contributed by atoms with Crippen molar-refractivity contribution in [3.63, 3.8) is 0 Å². The lowest BCUT2D eigenvalue weighted by Crippen LogP contribution is -2.52. The molecule has 0 aliphatic rings. The Morgan fingerprint density at radius 3 is 2.41 bits per heavy atom. The molecule has 0 saturated carbocycles. The predicted molar refractivity (Wildman–Crippen MR) is 108 cm³/mol. The van der Waals surface area contributed by atoms with Crippen LogP contribution < -0.4 is 19.6 Å². The molecule has 10 nitrogen and oxygen atoms in total. The van der Waals surface area contributed by atoms with Crippen LogP contribution in [0.5, 0.6) is 0 Å². The summed E-state index contributed by atoms with van der Waals surface area (Å²) in [5.41, 5.74) is 7.02. The third kappa shape index (κ3) is 7.80. The maximum absolute atomic E-state index is 11.2. The number of nitrogen functional groups attached to an aromatic ring is 1. The van der Waals surface area contributed by atoms with E-state index in [1.165, 1.54) is 0 Å². The van der Waals surface area contributed by atoms with E-state index in [-0.39, 0.29) is 11.4 Å². The van der Waals surface area contributed by atoms with Crippen LogP contribution in [0.25, 0.3) is 0 Å². The van der Waals surface area contributed by atoms with Crippen molar-refractivity contribution in [3.8, 4) is 0 Å². The first-order valence-corrected chi connectivity index (χ1v) is 10.7. The van der Waals surface area contributed by atoms with Gasteiger partial charge in [-0.05, 0) is 23.6 Å². The van der Waals surface area contributed by atoms with E-state index in [2.05, 4.69) is 21.2 Å². The van der Waals surface area contributed by atoms with Gasteiger partial charge < -0.3 is 16.1 Å². The summed E-state index contributed by atoms with van der Waals surface area (Å²) in [6, 6.07) is 9.86. The molecular weight excluding hydrogens is 398 g/mol. The number of aromatic nitrogens is 3. The van der Waals surface area contributed by atoms with Crippen LogP contribution in [0.3, 0.4) is 0 Å². The summed E-state index contributed by atoms with van der Waals surface area (Å²) in [6.07, 6.45) is 4.31. The average molecular weight is 428 g/mol. The van der Waals surface area contributed by atoms with E-state index in [4.69, 9.17) is 10.3 Å². The van der Waals surface area contributed by atoms with Crippen molar-refractivity contribution in [2.75, 3.05) is 17.2 Å². The van der Waals surface area contributed by atoms with E-state index in [0.717, 1.165) is 36.0 Å². The van der Waals surface area contributed by atoms with Gasteiger partial charge in [-0.3, -0.25) is 4.55 Å². The maximum Gasteiger partial charge on any atom is 0.474 e. The van der Waals surface area contributed by atoms with Gasteiger partial charge in [0.15, 0.2) is 0 Å². The molecule has 0 saturated heterocycles. The fraction of sp³-hybridized carbons (Fsp3) is 0.500. The summed E-state index contributed by atoms with van der Waals surface area (Å²) < 4.78 is 36.8. The molecule has 0 radical (unpaired) electrons. The third-order valence-electron chi connectivity index (χ3n) is 4.19. The molecule has 11 heteroatoms. The van der Waals surface area contributed by atoms with E-state index in [1.807, 2.05) is 42.2 Å². The second kappa shape index (κ2) is 11.5. The zero-order valence-electron chi connectivity index (χ0n) is 16.7. The molecule has 0 fully saturated rings. The zero-order chi connectivity index (χ0) is 20.6. The Bertz CT molecular complexity index is 864. The Morgan fingerprint density at radius 1 is 1.14 bits per heavy atom. The molecule has 0 aliphatic heterocycles. The van der Waals surface area contributed by atoms with Gasteiger partial charge in [0.1, 0.15) is 0 Å². The van der Waals surface area contributed by atoms with Gasteiger partial charge in [0.2, 0.25) is 0 Å². The molecule has 0 bridgehead atoms. The van der Waals surface area contributed by atoms with Crippen molar-refractivity contribution in [1.29, 1.82) is 0 Å². The van der Waals surface area contributed by atoms with Gasteiger partial charge in [-0.1, -0.05) is 66.5 Å². The van der Waals surface area contributed by atoms with E-state index >= 15 is 0 Å². The third-order valence-corrected chi connectivity index (χ3v) is 4.53. The Kier molecular flexibility index (Phi) is 9.72. The number of nitrogens with zero attached hydrogens (tertiary/aromatic N) is 4. The number of hydrogen-bond acceptors (Lipinski definition) is 8. The molecule has 0 atom stereocenters. The average Bonchev–Trinajstić information content (AvgIpc) is 2.65. The molecule has 0 unspecified atom stereocenters. The van der Waals surface area contributed by atoms with Crippen molar-refractivity contribution in [1.82, 2.24) is 9.97 Å². The lowest BCUT2D eigenvalue weighted by atomic mass is 10.1. The van der Waals surface area contributed by atoms with Crippen LogP contribution in [0.1, 0.15) is 50.9 Å². The van der Waals surface area contributed by atoms with Crippen LogP contribution in [-0.2, 0) is 23.4 Å². The molecule has 1 aromatic carbocycles. The highest BCUT2D eigenvalue weighted by molar-refractivity contribution is 7.80. The van der Waals surface area contributed by atoms with Gasteiger partial charge in [-0.15, -0.1) is 0 Å². The van der Waals surface area contributed by atoms with Crippen LogP contribution in [0.15, 0.2) is 30.3 Å². The first kappa shape index (κ1) is 24.5. The van der Waals surface area contributed by atoms with Gasteiger partial charge in [0, 0.05) is 19.5 Å². The second-order valence-electron chi connectivity index (χ2n) is 6.41. The Balaban J connectivity index is 0.00000420. The SMILES string of the molecule is CCCCCCc1nc(N(CC)Cc2ccccc2)nc(N)[n+]1OS(=O)(=O)O.[OH-]. The van der Waals surface area contributed by atoms with Crippen molar-refractivity contribution >= 4 is 22.3 Å². The summed E-state index contributed by atoms with van der Waals surface area (Å²) in [7, 11) is -4.76. The second-order valence-corrected chi connectivity index (χ2v) is 7.41. The van der Waals surface area contributed by atoms with E-state index in [0.29, 0.717) is 31.3 Å². The summed E-state index contributed by atoms with van der Waals surface area (Å²) in [5.74, 6) is 0.479. The molecule has 0 amide bonds. The summed E-state index contributed by atoms with van der Waals surface area (Å²) >= 11 is 0. The molecule has 4 N–H and O–H groups in total. The summed E-state index contributed by atoms with van der Waals surface area (Å²) in [4.78, 5) is 10.6. The minimum Gasteiger partial charge on any atom is -0.870 e. The molecule has 162 valence electrons. The minimum atomic E-state index is -4.76.